The molecule has 1 aliphatic rings. The number of aromatic nitrogens is 3. The molecule has 2 aromatic rings. The number of benzene rings is 1. The summed E-state index contributed by atoms with van der Waals surface area (Å²) >= 11 is 0. The summed E-state index contributed by atoms with van der Waals surface area (Å²) in [5.74, 6) is 0.865. The lowest BCUT2D eigenvalue weighted by molar-refractivity contribution is 0.682. The molecule has 0 saturated heterocycles. The first-order chi connectivity index (χ1) is 8.81. The number of rotatable bonds is 5. The molecule has 94 valence electrons. The fourth-order valence-electron chi connectivity index (χ4n) is 2.24. The number of hydrogen-bond acceptors (Lipinski definition) is 3. The standard InChI is InChI=1S/C14H18N4/c1-11(13-5-6-13)17-14-4-2-3-12(7-14)8-18-10-15-9-16-18/h2-4,7,9-11,13,17H,5-6,8H2,1H3. The van der Waals surface area contributed by atoms with E-state index < -0.39 is 0 Å². The van der Waals surface area contributed by atoms with Crippen molar-refractivity contribution in [3.05, 3.63) is 42.5 Å². The highest BCUT2D eigenvalue weighted by Crippen LogP contribution is 2.33. The second kappa shape index (κ2) is 4.80. The zero-order valence-electron chi connectivity index (χ0n) is 10.6. The minimum Gasteiger partial charge on any atom is -0.382 e. The van der Waals surface area contributed by atoms with Gasteiger partial charge >= 0.3 is 0 Å². The molecule has 0 amide bonds. The van der Waals surface area contributed by atoms with Crippen molar-refractivity contribution in [2.45, 2.75) is 32.4 Å². The molecular weight excluding hydrogens is 224 g/mol. The summed E-state index contributed by atoms with van der Waals surface area (Å²) in [7, 11) is 0. The van der Waals surface area contributed by atoms with E-state index in [9.17, 15) is 0 Å². The third kappa shape index (κ3) is 2.70. The molecule has 3 rings (SSSR count). The molecule has 0 bridgehead atoms. The molecule has 18 heavy (non-hydrogen) atoms. The van der Waals surface area contributed by atoms with Crippen molar-refractivity contribution >= 4 is 5.69 Å². The van der Waals surface area contributed by atoms with Crippen molar-refractivity contribution in [3.63, 3.8) is 0 Å². The van der Waals surface area contributed by atoms with Crippen molar-refractivity contribution < 1.29 is 0 Å². The van der Waals surface area contributed by atoms with Crippen LogP contribution in [0.5, 0.6) is 0 Å². The Morgan fingerprint density at radius 1 is 1.44 bits per heavy atom. The third-order valence-electron chi connectivity index (χ3n) is 3.46. The van der Waals surface area contributed by atoms with E-state index in [4.69, 9.17) is 0 Å². The summed E-state index contributed by atoms with van der Waals surface area (Å²) in [6, 6.07) is 9.11. The van der Waals surface area contributed by atoms with Crippen LogP contribution in [-0.4, -0.2) is 20.8 Å². The van der Waals surface area contributed by atoms with Crippen molar-refractivity contribution in [2.75, 3.05) is 5.32 Å². The number of hydrogen-bond donors (Lipinski definition) is 1. The molecule has 1 fully saturated rings. The molecular formula is C14H18N4. The molecule has 0 radical (unpaired) electrons. The highest BCUT2D eigenvalue weighted by Gasteiger charge is 2.27. The SMILES string of the molecule is CC(Nc1cccc(Cn2cncn2)c1)C1CC1. The van der Waals surface area contributed by atoms with Gasteiger partial charge in [0.25, 0.3) is 0 Å². The molecule has 1 atom stereocenters. The Kier molecular flexibility index (Phi) is 3.00. The van der Waals surface area contributed by atoms with Gasteiger partial charge in [0.1, 0.15) is 12.7 Å². The van der Waals surface area contributed by atoms with Crippen LogP contribution in [0.1, 0.15) is 25.3 Å². The lowest BCUT2D eigenvalue weighted by Gasteiger charge is -2.15. The molecule has 1 heterocycles. The second-order valence-electron chi connectivity index (χ2n) is 5.06. The van der Waals surface area contributed by atoms with E-state index >= 15 is 0 Å². The predicted molar refractivity (Wildman–Crippen MR) is 71.4 cm³/mol. The average molecular weight is 242 g/mol. The highest BCUT2D eigenvalue weighted by molar-refractivity contribution is 5.46. The van der Waals surface area contributed by atoms with E-state index in [0.717, 1.165) is 12.5 Å². The molecule has 4 nitrogen and oxygen atoms in total. The largest absolute Gasteiger partial charge is 0.382 e. The van der Waals surface area contributed by atoms with Crippen LogP contribution in [0.2, 0.25) is 0 Å². The summed E-state index contributed by atoms with van der Waals surface area (Å²) in [5, 5.41) is 7.70. The Hall–Kier alpha value is -1.84. The molecule has 1 aromatic carbocycles. The molecule has 1 aromatic heterocycles. The van der Waals surface area contributed by atoms with Crippen LogP contribution < -0.4 is 5.32 Å². The molecule has 0 aliphatic heterocycles. The summed E-state index contributed by atoms with van der Waals surface area (Å²) in [4.78, 5) is 3.96. The molecule has 4 heteroatoms. The van der Waals surface area contributed by atoms with Gasteiger partial charge in [0.05, 0.1) is 6.54 Å². The van der Waals surface area contributed by atoms with E-state index in [1.54, 1.807) is 12.7 Å². The highest BCUT2D eigenvalue weighted by atomic mass is 15.3. The summed E-state index contributed by atoms with van der Waals surface area (Å²) in [6.45, 7) is 3.04. The molecule has 0 spiro atoms. The van der Waals surface area contributed by atoms with Crippen LogP contribution in [0.15, 0.2) is 36.9 Å². The van der Waals surface area contributed by atoms with Crippen molar-refractivity contribution in [1.82, 2.24) is 14.8 Å². The summed E-state index contributed by atoms with van der Waals surface area (Å²) < 4.78 is 1.84. The van der Waals surface area contributed by atoms with Gasteiger partial charge in [-0.05, 0) is 43.4 Å². The Balaban J connectivity index is 1.68. The molecule has 1 N–H and O–H groups in total. The topological polar surface area (TPSA) is 42.7 Å². The van der Waals surface area contributed by atoms with Crippen LogP contribution >= 0.6 is 0 Å². The lowest BCUT2D eigenvalue weighted by Crippen LogP contribution is -2.17. The normalized spacial score (nSPS) is 16.5. The van der Waals surface area contributed by atoms with Crippen molar-refractivity contribution in [1.29, 1.82) is 0 Å². The molecule has 1 aliphatic carbocycles. The van der Waals surface area contributed by atoms with E-state index in [0.29, 0.717) is 6.04 Å². The maximum absolute atomic E-state index is 4.13. The zero-order chi connectivity index (χ0) is 12.4. The van der Waals surface area contributed by atoms with Crippen LogP contribution in [0.4, 0.5) is 5.69 Å². The Labute approximate surface area is 107 Å². The quantitative estimate of drug-likeness (QED) is 0.876. The number of nitrogens with one attached hydrogen (secondary N) is 1. The monoisotopic (exact) mass is 242 g/mol. The maximum Gasteiger partial charge on any atom is 0.137 e. The van der Waals surface area contributed by atoms with Crippen LogP contribution in [0.25, 0.3) is 0 Å². The first-order valence-electron chi connectivity index (χ1n) is 6.49. The van der Waals surface area contributed by atoms with Crippen LogP contribution in [0, 0.1) is 5.92 Å². The average Bonchev–Trinajstić information content (AvgIpc) is 3.10. The minimum absolute atomic E-state index is 0.576. The van der Waals surface area contributed by atoms with Gasteiger partial charge in [0.2, 0.25) is 0 Å². The van der Waals surface area contributed by atoms with Gasteiger partial charge in [0.15, 0.2) is 0 Å². The predicted octanol–water partition coefficient (Wildman–Crippen LogP) is 2.54. The van der Waals surface area contributed by atoms with Gasteiger partial charge in [-0.2, -0.15) is 5.10 Å². The first kappa shape index (κ1) is 11.3. The first-order valence-corrected chi connectivity index (χ1v) is 6.49. The van der Waals surface area contributed by atoms with Gasteiger partial charge in [-0.1, -0.05) is 12.1 Å². The van der Waals surface area contributed by atoms with E-state index in [1.165, 1.54) is 24.1 Å². The smallest absolute Gasteiger partial charge is 0.137 e. The third-order valence-corrected chi connectivity index (χ3v) is 3.46. The molecule has 1 saturated carbocycles. The van der Waals surface area contributed by atoms with Crippen molar-refractivity contribution in [3.8, 4) is 0 Å². The van der Waals surface area contributed by atoms with Gasteiger partial charge in [-0.25, -0.2) is 9.67 Å². The van der Waals surface area contributed by atoms with Gasteiger partial charge in [-0.15, -0.1) is 0 Å². The van der Waals surface area contributed by atoms with Crippen LogP contribution in [-0.2, 0) is 6.54 Å². The van der Waals surface area contributed by atoms with Gasteiger partial charge in [-0.3, -0.25) is 0 Å². The second-order valence-corrected chi connectivity index (χ2v) is 5.06. The zero-order valence-corrected chi connectivity index (χ0v) is 10.6. The van der Waals surface area contributed by atoms with Crippen LogP contribution in [0.3, 0.4) is 0 Å². The Morgan fingerprint density at radius 3 is 3.06 bits per heavy atom. The minimum atomic E-state index is 0.576. The summed E-state index contributed by atoms with van der Waals surface area (Å²) in [5.41, 5.74) is 2.44. The lowest BCUT2D eigenvalue weighted by atomic mass is 10.1. The number of anilines is 1. The molecule has 1 unspecified atom stereocenters. The summed E-state index contributed by atoms with van der Waals surface area (Å²) in [6.07, 6.45) is 6.05. The van der Waals surface area contributed by atoms with Gasteiger partial charge < -0.3 is 5.32 Å². The van der Waals surface area contributed by atoms with Crippen molar-refractivity contribution in [2.24, 2.45) is 5.92 Å². The Bertz CT molecular complexity index is 502. The number of nitrogens with zero attached hydrogens (tertiary/aromatic N) is 3. The van der Waals surface area contributed by atoms with Gasteiger partial charge in [0, 0.05) is 11.7 Å². The maximum atomic E-state index is 4.13. The van der Waals surface area contributed by atoms with E-state index in [1.807, 2.05) is 4.68 Å². The fourth-order valence-corrected chi connectivity index (χ4v) is 2.24. The van der Waals surface area contributed by atoms with E-state index in [2.05, 4.69) is 46.6 Å². The fraction of sp³-hybridized carbons (Fsp3) is 0.429. The van der Waals surface area contributed by atoms with E-state index in [-0.39, 0.29) is 0 Å². The Morgan fingerprint density at radius 2 is 2.33 bits per heavy atom.